The summed E-state index contributed by atoms with van der Waals surface area (Å²) in [7, 11) is -19.5. The van der Waals surface area contributed by atoms with Crippen molar-refractivity contribution >= 4 is 102 Å². The van der Waals surface area contributed by atoms with Crippen molar-refractivity contribution in [2.75, 3.05) is 0 Å². The van der Waals surface area contributed by atoms with Crippen molar-refractivity contribution in [2.45, 2.75) is 19.6 Å². The lowest BCUT2D eigenvalue weighted by Gasteiger charge is -2.10. The summed E-state index contributed by atoms with van der Waals surface area (Å²) in [5.41, 5.74) is -1.35. The summed E-state index contributed by atoms with van der Waals surface area (Å²) in [6.45, 7) is 0. The third kappa shape index (κ3) is 8.53. The van der Waals surface area contributed by atoms with E-state index in [1.54, 1.807) is 0 Å². The third-order valence-corrected chi connectivity index (χ3v) is 11.1. The van der Waals surface area contributed by atoms with E-state index < -0.39 is 65.7 Å². The molecule has 0 aliphatic heterocycles. The molecule has 26 heteroatoms. The highest BCUT2D eigenvalue weighted by Gasteiger charge is 2.21. The third-order valence-electron chi connectivity index (χ3n) is 7.41. The number of azo groups is 2. The van der Waals surface area contributed by atoms with Gasteiger partial charge in [-0.3, -0.25) is 28.6 Å². The quantitative estimate of drug-likeness (QED) is 0.0725. The van der Waals surface area contributed by atoms with Crippen molar-refractivity contribution in [3.63, 3.8) is 0 Å². The van der Waals surface area contributed by atoms with Crippen molar-refractivity contribution in [1.29, 1.82) is 5.41 Å². The maximum atomic E-state index is 12.4. The molecule has 21 nitrogen and oxygen atoms in total. The number of benzene rings is 5. The molecule has 0 spiro atoms. The lowest BCUT2D eigenvalue weighted by Crippen LogP contribution is -2.25. The normalized spacial score (nSPS) is 13.4. The standard InChI is InChI=1S/C29H20ClN9O12S4/c30-27-33-28(31)35-29(34-27)32-22-10-9-20(17-2-1-3-25(26(17)22)55(49,50)51)37-38-21-8-7-19(16-6-4-14(12-18(16)21)52(40,41)42)36-39-23-13-15(53(43,44)45)5-11-24(23)54(46,47)48/h1-13H,(H,40,41,42)(H,43,44,45)(H,46,47,48)(H,49,50,51)(H3,31,32,33,34,35). The van der Waals surface area contributed by atoms with Crippen LogP contribution in [0.4, 0.5) is 28.4 Å². The smallest absolute Gasteiger partial charge is 0.296 e. The summed E-state index contributed by atoms with van der Waals surface area (Å²) in [5, 5.41) is 23.7. The highest BCUT2D eigenvalue weighted by molar-refractivity contribution is 7.86. The molecule has 55 heavy (non-hydrogen) atoms. The van der Waals surface area contributed by atoms with Crippen LogP contribution >= 0.6 is 11.6 Å². The fraction of sp³-hybridized carbons (Fsp3) is 0. The Morgan fingerprint density at radius 3 is 1.65 bits per heavy atom. The van der Waals surface area contributed by atoms with Crippen LogP contribution in [0.25, 0.3) is 21.5 Å². The first-order chi connectivity index (χ1) is 25.6. The summed E-state index contributed by atoms with van der Waals surface area (Å²) in [4.78, 5) is 10.2. The van der Waals surface area contributed by atoms with Gasteiger partial charge in [0.1, 0.15) is 15.5 Å². The molecule has 0 saturated heterocycles. The van der Waals surface area contributed by atoms with Gasteiger partial charge < -0.3 is 4.98 Å². The summed E-state index contributed by atoms with van der Waals surface area (Å²) >= 11 is 5.89. The fourth-order valence-electron chi connectivity index (χ4n) is 5.11. The van der Waals surface area contributed by atoms with Crippen LogP contribution in [0.1, 0.15) is 0 Å². The van der Waals surface area contributed by atoms with E-state index in [-0.39, 0.29) is 60.8 Å². The highest BCUT2D eigenvalue weighted by Crippen LogP contribution is 2.40. The molecule has 0 bridgehead atoms. The highest BCUT2D eigenvalue weighted by atomic mass is 35.5. The number of hydrogen-bond donors (Lipinski definition) is 7. The summed E-state index contributed by atoms with van der Waals surface area (Å²) in [6.07, 6.45) is 0. The van der Waals surface area contributed by atoms with Gasteiger partial charge in [-0.25, -0.2) is 4.99 Å². The van der Waals surface area contributed by atoms with Gasteiger partial charge in [0, 0.05) is 21.5 Å². The molecule has 0 unspecified atom stereocenters. The second-order valence-corrected chi connectivity index (χ2v) is 17.0. The number of halogens is 1. The van der Waals surface area contributed by atoms with Crippen LogP contribution in [0.15, 0.2) is 124 Å². The Morgan fingerprint density at radius 1 is 0.545 bits per heavy atom. The maximum Gasteiger partial charge on any atom is 0.296 e. The molecule has 0 aliphatic carbocycles. The van der Waals surface area contributed by atoms with E-state index in [0.717, 1.165) is 18.2 Å². The van der Waals surface area contributed by atoms with Crippen LogP contribution in [-0.4, -0.2) is 66.8 Å². The van der Waals surface area contributed by atoms with Gasteiger partial charge in [0.15, 0.2) is 0 Å². The first-order valence-electron chi connectivity index (χ1n) is 14.5. The molecule has 0 amide bonds. The first kappa shape index (κ1) is 39.1. The SMILES string of the molecule is N=c1nc(Cl)[nH]c(=Nc2ccc(N=Nc3ccc(N=Nc4cc(S(=O)(=O)O)ccc4S(=O)(=O)O)c4ccc(S(=O)(=O)O)cc34)c3cccc(S(=O)(=O)O)c23)[nH]1. The van der Waals surface area contributed by atoms with Crippen LogP contribution in [-0.2, 0) is 40.5 Å². The van der Waals surface area contributed by atoms with Gasteiger partial charge in [-0.2, -0.15) is 38.7 Å². The van der Waals surface area contributed by atoms with Crippen LogP contribution in [0.3, 0.4) is 0 Å². The van der Waals surface area contributed by atoms with E-state index >= 15 is 0 Å². The van der Waals surface area contributed by atoms with E-state index in [4.69, 9.17) is 17.0 Å². The summed E-state index contributed by atoms with van der Waals surface area (Å²) in [5.74, 6) is 0. The minimum atomic E-state index is -4.98. The van der Waals surface area contributed by atoms with Gasteiger partial charge >= 0.3 is 0 Å². The Labute approximate surface area is 313 Å². The first-order valence-corrected chi connectivity index (χ1v) is 20.7. The molecule has 0 fully saturated rings. The van der Waals surface area contributed by atoms with E-state index in [2.05, 4.69) is 40.4 Å². The molecule has 0 aliphatic rings. The molecule has 6 aromatic rings. The van der Waals surface area contributed by atoms with E-state index in [9.17, 15) is 51.9 Å². The average Bonchev–Trinajstić information content (AvgIpc) is 3.08. The predicted octanol–water partition coefficient (Wildman–Crippen LogP) is 5.23. The number of H-pyrrole nitrogens is 2. The number of nitrogens with one attached hydrogen (secondary N) is 3. The van der Waals surface area contributed by atoms with Crippen LogP contribution in [0.2, 0.25) is 5.28 Å². The van der Waals surface area contributed by atoms with Gasteiger partial charge in [-0.1, -0.05) is 18.2 Å². The minimum absolute atomic E-state index is 0.0145. The molecule has 284 valence electrons. The van der Waals surface area contributed by atoms with Crippen LogP contribution in [0, 0.1) is 5.41 Å². The van der Waals surface area contributed by atoms with Crippen molar-refractivity contribution in [3.8, 4) is 0 Å². The number of hydrogen-bond acceptors (Lipinski definition) is 15. The molecule has 0 saturated carbocycles. The van der Waals surface area contributed by atoms with Crippen molar-refractivity contribution < 1.29 is 51.9 Å². The average molecular weight is 850 g/mol. The second kappa shape index (κ2) is 14.2. The van der Waals surface area contributed by atoms with Crippen molar-refractivity contribution in [2.24, 2.45) is 25.4 Å². The lowest BCUT2D eigenvalue weighted by molar-refractivity contribution is 0.478. The Morgan fingerprint density at radius 2 is 1.07 bits per heavy atom. The zero-order valence-corrected chi connectivity index (χ0v) is 30.8. The Hall–Kier alpha value is -5.64. The number of aromatic nitrogens is 3. The molecule has 1 aromatic heterocycles. The van der Waals surface area contributed by atoms with Crippen LogP contribution < -0.4 is 11.2 Å². The minimum Gasteiger partial charge on any atom is -0.300 e. The topological polar surface area (TPSA) is 348 Å². The van der Waals surface area contributed by atoms with Gasteiger partial charge in [0.2, 0.25) is 16.5 Å². The van der Waals surface area contributed by atoms with Gasteiger partial charge in [-0.15, -0.1) is 20.5 Å². The molecule has 1 heterocycles. The fourth-order valence-corrected chi connectivity index (χ4v) is 7.62. The van der Waals surface area contributed by atoms with E-state index in [0.29, 0.717) is 18.2 Å². The van der Waals surface area contributed by atoms with Crippen LogP contribution in [0.5, 0.6) is 0 Å². The van der Waals surface area contributed by atoms with Crippen molar-refractivity contribution in [1.82, 2.24) is 15.0 Å². The number of aromatic amines is 2. The molecule has 7 N–H and O–H groups in total. The van der Waals surface area contributed by atoms with E-state index in [1.165, 1.54) is 42.5 Å². The summed E-state index contributed by atoms with van der Waals surface area (Å²) in [6, 6.07) is 14.3. The Bertz CT molecular complexity index is 3260. The lowest BCUT2D eigenvalue weighted by atomic mass is 10.1. The number of nitrogens with zero attached hydrogens (tertiary/aromatic N) is 6. The Balaban J connectivity index is 1.53. The molecule has 5 aromatic carbocycles. The van der Waals surface area contributed by atoms with Crippen molar-refractivity contribution in [3.05, 3.63) is 95.4 Å². The van der Waals surface area contributed by atoms with Gasteiger partial charge in [-0.05, 0) is 72.3 Å². The molecular formula is C29H20ClN9O12S4. The zero-order valence-electron chi connectivity index (χ0n) is 26.8. The number of rotatable bonds is 9. The summed E-state index contributed by atoms with van der Waals surface area (Å²) < 4.78 is 135. The zero-order chi connectivity index (χ0) is 40.1. The Kier molecular flexibility index (Phi) is 10.1. The monoisotopic (exact) mass is 849 g/mol. The predicted molar refractivity (Wildman–Crippen MR) is 191 cm³/mol. The molecule has 6 rings (SSSR count). The van der Waals surface area contributed by atoms with E-state index in [1.807, 2.05) is 0 Å². The molecule has 0 radical (unpaired) electrons. The number of fused-ring (bicyclic) bond motifs is 2. The largest absolute Gasteiger partial charge is 0.300 e. The van der Waals surface area contributed by atoms with Gasteiger partial charge in [0.25, 0.3) is 40.5 Å². The second-order valence-electron chi connectivity index (χ2n) is 11.0. The maximum absolute atomic E-state index is 12.4. The molecule has 0 atom stereocenters. The molecular weight excluding hydrogens is 830 g/mol. The van der Waals surface area contributed by atoms with Gasteiger partial charge in [0.05, 0.1) is 32.5 Å².